The quantitative estimate of drug-likeness (QED) is 0.481. The highest BCUT2D eigenvalue weighted by Crippen LogP contribution is 2.25. The minimum atomic E-state index is -3.94. The number of carbonyl (C=O) groups excluding carboxylic acids is 2. The average molecular weight is 403 g/mol. The van der Waals surface area contributed by atoms with Gasteiger partial charge < -0.3 is 18.9 Å². The van der Waals surface area contributed by atoms with Crippen LogP contribution in [0.25, 0.3) is 0 Å². The third kappa shape index (κ3) is 7.53. The molecule has 10 heteroatoms. The van der Waals surface area contributed by atoms with Gasteiger partial charge in [-0.1, -0.05) is 0 Å². The van der Waals surface area contributed by atoms with Crippen molar-refractivity contribution in [1.82, 2.24) is 4.72 Å². The number of esters is 2. The van der Waals surface area contributed by atoms with Crippen LogP contribution in [0.3, 0.4) is 0 Å². The topological polar surface area (TPSA) is 117 Å². The van der Waals surface area contributed by atoms with E-state index in [1.807, 2.05) is 0 Å². The zero-order valence-corrected chi connectivity index (χ0v) is 16.8. The first-order chi connectivity index (χ1) is 12.5. The Morgan fingerprint density at radius 1 is 1.15 bits per heavy atom. The molecule has 0 heterocycles. The number of benzene rings is 1. The summed E-state index contributed by atoms with van der Waals surface area (Å²) >= 11 is 0. The summed E-state index contributed by atoms with van der Waals surface area (Å²) in [6.07, 6.45) is 0. The van der Waals surface area contributed by atoms with Crippen LogP contribution in [0.5, 0.6) is 5.75 Å². The first kappa shape index (κ1) is 22.9. The summed E-state index contributed by atoms with van der Waals surface area (Å²) in [7, 11) is -1.19. The van der Waals surface area contributed by atoms with Gasteiger partial charge in [-0.05, 0) is 39.0 Å². The van der Waals surface area contributed by atoms with E-state index in [9.17, 15) is 18.0 Å². The predicted octanol–water partition coefficient (Wildman–Crippen LogP) is 1.12. The normalized spacial score (nSPS) is 11.7. The van der Waals surface area contributed by atoms with E-state index in [0.29, 0.717) is 0 Å². The van der Waals surface area contributed by atoms with Crippen molar-refractivity contribution in [3.63, 3.8) is 0 Å². The molecular weight excluding hydrogens is 378 g/mol. The maximum absolute atomic E-state index is 12.4. The van der Waals surface area contributed by atoms with E-state index >= 15 is 0 Å². The highest BCUT2D eigenvalue weighted by Gasteiger charge is 2.23. The lowest BCUT2D eigenvalue weighted by atomic mass is 10.2. The van der Waals surface area contributed by atoms with Crippen molar-refractivity contribution in [2.75, 3.05) is 34.0 Å². The summed E-state index contributed by atoms with van der Waals surface area (Å²) < 4.78 is 46.9. The summed E-state index contributed by atoms with van der Waals surface area (Å²) in [5.74, 6) is -1.51. The Bertz CT molecular complexity index is 768. The number of carbonyl (C=O) groups is 2. The molecule has 0 spiro atoms. The van der Waals surface area contributed by atoms with E-state index in [2.05, 4.69) is 4.72 Å². The maximum atomic E-state index is 12.4. The Morgan fingerprint density at radius 3 is 2.37 bits per heavy atom. The van der Waals surface area contributed by atoms with Gasteiger partial charge in [0.1, 0.15) is 16.2 Å². The standard InChI is InChI=1S/C17H25NO8S/c1-17(2,3)26-15(19)11-25-16(20)12-6-7-13(24-5)14(10-12)27(21,22)18-8-9-23-4/h6-7,10,18H,8-9,11H2,1-5H3. The molecule has 9 nitrogen and oxygen atoms in total. The Labute approximate surface area is 159 Å². The maximum Gasteiger partial charge on any atom is 0.344 e. The number of methoxy groups -OCH3 is 2. The molecule has 0 amide bonds. The number of ether oxygens (including phenoxy) is 4. The van der Waals surface area contributed by atoms with Gasteiger partial charge in [-0.2, -0.15) is 0 Å². The van der Waals surface area contributed by atoms with Crippen LogP contribution in [-0.2, 0) is 29.0 Å². The Morgan fingerprint density at radius 2 is 1.81 bits per heavy atom. The second-order valence-corrected chi connectivity index (χ2v) is 8.15. The Hall–Kier alpha value is -2.17. The zero-order chi connectivity index (χ0) is 20.7. The predicted molar refractivity (Wildman–Crippen MR) is 96.2 cm³/mol. The van der Waals surface area contributed by atoms with Crippen molar-refractivity contribution >= 4 is 22.0 Å². The van der Waals surface area contributed by atoms with Crippen molar-refractivity contribution in [3.05, 3.63) is 23.8 Å². The zero-order valence-electron chi connectivity index (χ0n) is 16.0. The average Bonchev–Trinajstić information content (AvgIpc) is 2.57. The number of nitrogens with one attached hydrogen (secondary N) is 1. The van der Waals surface area contributed by atoms with E-state index < -0.39 is 34.2 Å². The largest absolute Gasteiger partial charge is 0.495 e. The van der Waals surface area contributed by atoms with Gasteiger partial charge in [0, 0.05) is 13.7 Å². The summed E-state index contributed by atoms with van der Waals surface area (Å²) in [6, 6.07) is 3.78. The molecule has 0 unspecified atom stereocenters. The van der Waals surface area contributed by atoms with Crippen LogP contribution in [0.2, 0.25) is 0 Å². The van der Waals surface area contributed by atoms with Gasteiger partial charge in [0.15, 0.2) is 6.61 Å². The molecule has 0 fully saturated rings. The lowest BCUT2D eigenvalue weighted by Crippen LogP contribution is -2.28. The molecule has 0 aromatic heterocycles. The van der Waals surface area contributed by atoms with Crippen LogP contribution >= 0.6 is 0 Å². The SMILES string of the molecule is COCCNS(=O)(=O)c1cc(C(=O)OCC(=O)OC(C)(C)C)ccc1OC. The molecule has 0 saturated heterocycles. The van der Waals surface area contributed by atoms with Gasteiger partial charge >= 0.3 is 11.9 Å². The molecule has 1 rings (SSSR count). The van der Waals surface area contributed by atoms with Crippen molar-refractivity contribution in [2.45, 2.75) is 31.3 Å². The second kappa shape index (κ2) is 9.67. The minimum Gasteiger partial charge on any atom is -0.495 e. The van der Waals surface area contributed by atoms with Crippen LogP contribution in [0.4, 0.5) is 0 Å². The third-order valence-corrected chi connectivity index (χ3v) is 4.51. The number of sulfonamides is 1. The number of hydrogen-bond acceptors (Lipinski definition) is 8. The van der Waals surface area contributed by atoms with E-state index in [-0.39, 0.29) is 29.4 Å². The first-order valence-corrected chi connectivity index (χ1v) is 9.54. The van der Waals surface area contributed by atoms with Crippen molar-refractivity contribution < 1.29 is 37.0 Å². The first-order valence-electron chi connectivity index (χ1n) is 8.06. The lowest BCUT2D eigenvalue weighted by Gasteiger charge is -2.19. The van der Waals surface area contributed by atoms with Gasteiger partial charge in [-0.3, -0.25) is 0 Å². The molecule has 152 valence electrons. The molecular formula is C17H25NO8S. The van der Waals surface area contributed by atoms with Gasteiger partial charge in [0.2, 0.25) is 10.0 Å². The molecule has 1 N–H and O–H groups in total. The van der Waals surface area contributed by atoms with E-state index in [1.54, 1.807) is 20.8 Å². The fourth-order valence-electron chi connectivity index (χ4n) is 1.95. The highest BCUT2D eigenvalue weighted by molar-refractivity contribution is 7.89. The smallest absolute Gasteiger partial charge is 0.344 e. The molecule has 0 radical (unpaired) electrons. The van der Waals surface area contributed by atoms with Crippen LogP contribution in [0.15, 0.2) is 23.1 Å². The lowest BCUT2D eigenvalue weighted by molar-refractivity contribution is -0.158. The van der Waals surface area contributed by atoms with E-state index in [1.165, 1.54) is 26.4 Å². The fraction of sp³-hybridized carbons (Fsp3) is 0.529. The van der Waals surface area contributed by atoms with Crippen LogP contribution in [0.1, 0.15) is 31.1 Å². The fourth-order valence-corrected chi connectivity index (χ4v) is 3.15. The van der Waals surface area contributed by atoms with Gasteiger partial charge in [0.05, 0.1) is 19.3 Å². The summed E-state index contributed by atoms with van der Waals surface area (Å²) in [5.41, 5.74) is -0.759. The third-order valence-electron chi connectivity index (χ3n) is 3.03. The molecule has 0 aliphatic rings. The second-order valence-electron chi connectivity index (χ2n) is 6.42. The summed E-state index contributed by atoms with van der Waals surface area (Å²) in [4.78, 5) is 23.5. The highest BCUT2D eigenvalue weighted by atomic mass is 32.2. The Kier molecular flexibility index (Phi) is 8.20. The molecule has 0 aliphatic carbocycles. The number of rotatable bonds is 9. The molecule has 0 aliphatic heterocycles. The van der Waals surface area contributed by atoms with Crippen LogP contribution in [0, 0.1) is 0 Å². The summed E-state index contributed by atoms with van der Waals surface area (Å²) in [6.45, 7) is 4.70. The molecule has 0 saturated carbocycles. The van der Waals surface area contributed by atoms with Crippen LogP contribution in [-0.4, -0.2) is 59.9 Å². The molecule has 1 aromatic rings. The van der Waals surface area contributed by atoms with Gasteiger partial charge in [-0.25, -0.2) is 22.7 Å². The van der Waals surface area contributed by atoms with Crippen molar-refractivity contribution in [2.24, 2.45) is 0 Å². The molecule has 0 atom stereocenters. The number of hydrogen-bond donors (Lipinski definition) is 1. The van der Waals surface area contributed by atoms with Crippen molar-refractivity contribution in [3.8, 4) is 5.75 Å². The van der Waals surface area contributed by atoms with Crippen molar-refractivity contribution in [1.29, 1.82) is 0 Å². The van der Waals surface area contributed by atoms with Crippen LogP contribution < -0.4 is 9.46 Å². The minimum absolute atomic E-state index is 0.0496. The Balaban J connectivity index is 2.94. The summed E-state index contributed by atoms with van der Waals surface area (Å²) in [5, 5.41) is 0. The monoisotopic (exact) mass is 403 g/mol. The molecule has 0 bridgehead atoms. The molecule has 27 heavy (non-hydrogen) atoms. The van der Waals surface area contributed by atoms with E-state index in [0.717, 1.165) is 6.07 Å². The van der Waals surface area contributed by atoms with E-state index in [4.69, 9.17) is 18.9 Å². The van der Waals surface area contributed by atoms with Gasteiger partial charge in [0.25, 0.3) is 0 Å². The molecule has 1 aromatic carbocycles. The van der Waals surface area contributed by atoms with Gasteiger partial charge in [-0.15, -0.1) is 0 Å².